The first kappa shape index (κ1) is 16.8. The Labute approximate surface area is 155 Å². The third kappa shape index (κ3) is 3.09. The van der Waals surface area contributed by atoms with E-state index in [2.05, 4.69) is 15.4 Å². The molecule has 0 spiro atoms. The Bertz CT molecular complexity index is 958. The highest BCUT2D eigenvalue weighted by Crippen LogP contribution is 2.38. The molecule has 1 N–H and O–H groups in total. The van der Waals surface area contributed by atoms with Crippen molar-refractivity contribution < 1.29 is 9.53 Å². The summed E-state index contributed by atoms with van der Waals surface area (Å²) >= 11 is 6.55. The van der Waals surface area contributed by atoms with Gasteiger partial charge in [0.2, 0.25) is 0 Å². The van der Waals surface area contributed by atoms with E-state index in [1.54, 1.807) is 7.11 Å². The molecular weight excluding hydrogens is 352 g/mol. The summed E-state index contributed by atoms with van der Waals surface area (Å²) in [6.07, 6.45) is 9.65. The van der Waals surface area contributed by atoms with Gasteiger partial charge in [-0.1, -0.05) is 29.8 Å². The first-order chi connectivity index (χ1) is 12.7. The summed E-state index contributed by atoms with van der Waals surface area (Å²) in [5.74, 6) is -0.0617. The highest BCUT2D eigenvalue weighted by molar-refractivity contribution is 6.32. The van der Waals surface area contributed by atoms with Gasteiger partial charge >= 0.3 is 6.03 Å². The zero-order valence-corrected chi connectivity index (χ0v) is 14.9. The highest BCUT2D eigenvalue weighted by Gasteiger charge is 2.25. The van der Waals surface area contributed by atoms with Gasteiger partial charge in [0, 0.05) is 29.8 Å². The van der Waals surface area contributed by atoms with Crippen molar-refractivity contribution in [3.05, 3.63) is 65.1 Å². The number of aromatic nitrogens is 2. The Morgan fingerprint density at radius 1 is 1.38 bits per heavy atom. The molecule has 0 radical (unpaired) electrons. The van der Waals surface area contributed by atoms with Crippen molar-refractivity contribution >= 4 is 23.3 Å². The van der Waals surface area contributed by atoms with Gasteiger partial charge < -0.3 is 10.1 Å². The number of fused-ring (bicyclic) bond motifs is 1. The second-order valence-electron chi connectivity index (χ2n) is 6.08. The molecule has 4 rings (SSSR count). The van der Waals surface area contributed by atoms with E-state index in [4.69, 9.17) is 16.3 Å². The second kappa shape index (κ2) is 6.90. The number of methoxy groups -OCH3 is 1. The molecule has 1 atom stereocenters. The van der Waals surface area contributed by atoms with Crippen LogP contribution in [0.4, 0.5) is 4.79 Å². The van der Waals surface area contributed by atoms with Crippen LogP contribution >= 0.6 is 11.6 Å². The minimum atomic E-state index is -0.338. The number of carbonyl (C=O) groups is 1. The van der Waals surface area contributed by atoms with Crippen LogP contribution in [0.15, 0.2) is 59.5 Å². The molecule has 1 aliphatic carbocycles. The van der Waals surface area contributed by atoms with E-state index in [0.29, 0.717) is 23.9 Å². The highest BCUT2D eigenvalue weighted by atomic mass is 35.5. The van der Waals surface area contributed by atoms with E-state index in [1.807, 2.05) is 53.5 Å². The lowest BCUT2D eigenvalue weighted by molar-refractivity contribution is 0.183. The van der Waals surface area contributed by atoms with Crippen LogP contribution < -0.4 is 5.32 Å². The minimum absolute atomic E-state index is 0.0617. The van der Waals surface area contributed by atoms with Gasteiger partial charge in [-0.2, -0.15) is 10.1 Å². The van der Waals surface area contributed by atoms with Gasteiger partial charge in [-0.05, 0) is 29.3 Å². The first-order valence-electron chi connectivity index (χ1n) is 8.26. The number of rotatable bonds is 5. The number of urea groups is 1. The number of allylic oxidation sites excluding steroid dienone is 3. The molecule has 1 aromatic heterocycles. The number of carbonyl (C=O) groups excluding carboxylic acids is 1. The average molecular weight is 369 g/mol. The van der Waals surface area contributed by atoms with Gasteiger partial charge in [0.05, 0.1) is 30.8 Å². The van der Waals surface area contributed by atoms with Crippen LogP contribution in [0.25, 0.3) is 11.1 Å². The number of nitrogens with one attached hydrogen (secondary N) is 1. The number of halogens is 1. The zero-order valence-electron chi connectivity index (χ0n) is 14.1. The Hall–Kier alpha value is -2.70. The molecule has 1 aromatic carbocycles. The maximum atomic E-state index is 11.5. The van der Waals surface area contributed by atoms with Crippen LogP contribution in [0.3, 0.4) is 0 Å². The van der Waals surface area contributed by atoms with Crippen LogP contribution in [-0.2, 0) is 11.3 Å². The number of aliphatic imine (C=N–C) groups is 1. The largest absolute Gasteiger partial charge is 0.383 e. The average Bonchev–Trinajstić information content (AvgIpc) is 3.24. The molecule has 0 bridgehead atoms. The molecule has 0 saturated carbocycles. The third-order valence-electron chi connectivity index (χ3n) is 4.40. The fourth-order valence-electron chi connectivity index (χ4n) is 3.18. The van der Waals surface area contributed by atoms with Crippen LogP contribution in [-0.4, -0.2) is 35.2 Å². The topological polar surface area (TPSA) is 68.5 Å². The Balaban J connectivity index is 1.72. The fraction of sp³-hybridized carbons (Fsp3) is 0.211. The van der Waals surface area contributed by atoms with Crippen LogP contribution in [0.2, 0.25) is 5.02 Å². The molecule has 26 heavy (non-hydrogen) atoms. The molecule has 1 unspecified atom stereocenters. The Morgan fingerprint density at radius 2 is 2.27 bits per heavy atom. The lowest BCUT2D eigenvalue weighted by Crippen LogP contribution is -2.17. The fourth-order valence-corrected chi connectivity index (χ4v) is 3.48. The third-order valence-corrected chi connectivity index (χ3v) is 4.73. The van der Waals surface area contributed by atoms with Crippen LogP contribution in [0.5, 0.6) is 0 Å². The Kier molecular flexibility index (Phi) is 4.44. The summed E-state index contributed by atoms with van der Waals surface area (Å²) < 4.78 is 6.95. The molecule has 1 aliphatic heterocycles. The van der Waals surface area contributed by atoms with Crippen molar-refractivity contribution in [2.24, 2.45) is 4.99 Å². The van der Waals surface area contributed by atoms with Gasteiger partial charge in [-0.25, -0.2) is 4.79 Å². The molecule has 0 saturated heterocycles. The predicted octanol–water partition coefficient (Wildman–Crippen LogP) is 3.55. The lowest BCUT2D eigenvalue weighted by Gasteiger charge is -2.19. The molecule has 0 fully saturated rings. The summed E-state index contributed by atoms with van der Waals surface area (Å²) in [6, 6.07) is 5.49. The van der Waals surface area contributed by atoms with Crippen molar-refractivity contribution in [2.45, 2.75) is 12.5 Å². The van der Waals surface area contributed by atoms with Crippen molar-refractivity contribution in [2.75, 3.05) is 13.7 Å². The van der Waals surface area contributed by atoms with Crippen molar-refractivity contribution in [1.82, 2.24) is 15.1 Å². The lowest BCUT2D eigenvalue weighted by atomic mass is 9.87. The zero-order chi connectivity index (χ0) is 18.1. The first-order valence-corrected chi connectivity index (χ1v) is 8.64. The molecule has 2 aromatic rings. The van der Waals surface area contributed by atoms with E-state index in [0.717, 1.165) is 22.4 Å². The van der Waals surface area contributed by atoms with Gasteiger partial charge in [0.25, 0.3) is 0 Å². The van der Waals surface area contributed by atoms with Gasteiger partial charge in [0.15, 0.2) is 0 Å². The number of nitrogens with zero attached hydrogens (tertiary/aromatic N) is 3. The summed E-state index contributed by atoms with van der Waals surface area (Å²) in [5.41, 5.74) is 4.36. The number of benzene rings is 1. The molecule has 2 amide bonds. The number of hydrogen-bond acceptors (Lipinski definition) is 3. The molecule has 2 aliphatic rings. The number of hydrogen-bond donors (Lipinski definition) is 1. The van der Waals surface area contributed by atoms with Gasteiger partial charge in [0.1, 0.15) is 0 Å². The summed E-state index contributed by atoms with van der Waals surface area (Å²) in [6.45, 7) is 1.29. The monoisotopic (exact) mass is 368 g/mol. The smallest absolute Gasteiger partial charge is 0.346 e. The molecule has 7 heteroatoms. The minimum Gasteiger partial charge on any atom is -0.383 e. The molecule has 6 nitrogen and oxygen atoms in total. The maximum Gasteiger partial charge on any atom is 0.346 e. The molecule has 2 heterocycles. The van der Waals surface area contributed by atoms with E-state index < -0.39 is 0 Å². The molecule has 132 valence electrons. The summed E-state index contributed by atoms with van der Waals surface area (Å²) in [7, 11) is 1.67. The van der Waals surface area contributed by atoms with Crippen molar-refractivity contribution in [3.63, 3.8) is 0 Å². The van der Waals surface area contributed by atoms with E-state index in [1.165, 1.54) is 0 Å². The van der Waals surface area contributed by atoms with Gasteiger partial charge in [-0.3, -0.25) is 4.68 Å². The quantitative estimate of drug-likeness (QED) is 0.877. The SMILES string of the molecule is COCCn1cc(-c2cccc(Cl)c2C2C=CC3=NC(=O)NC3=C2)cn1. The summed E-state index contributed by atoms with van der Waals surface area (Å²) in [5, 5.41) is 7.82. The predicted molar refractivity (Wildman–Crippen MR) is 100 cm³/mol. The van der Waals surface area contributed by atoms with Crippen LogP contribution in [0.1, 0.15) is 11.5 Å². The molecular formula is C19H17ClN4O2. The maximum absolute atomic E-state index is 11.5. The van der Waals surface area contributed by atoms with E-state index >= 15 is 0 Å². The number of amides is 2. The normalized spacial score (nSPS) is 18.4. The van der Waals surface area contributed by atoms with E-state index in [9.17, 15) is 4.79 Å². The van der Waals surface area contributed by atoms with E-state index in [-0.39, 0.29) is 11.9 Å². The van der Waals surface area contributed by atoms with Gasteiger partial charge in [-0.15, -0.1) is 0 Å². The van der Waals surface area contributed by atoms with Crippen molar-refractivity contribution in [1.29, 1.82) is 0 Å². The second-order valence-corrected chi connectivity index (χ2v) is 6.49. The van der Waals surface area contributed by atoms with Crippen LogP contribution in [0, 0.1) is 0 Å². The van der Waals surface area contributed by atoms with Crippen molar-refractivity contribution in [3.8, 4) is 11.1 Å². The number of ether oxygens (including phenoxy) is 1. The standard InChI is InChI=1S/C19H17ClN4O2/c1-26-8-7-24-11-13(10-21-24)14-3-2-4-15(20)18(14)12-5-6-16-17(9-12)23-19(25)22-16/h2-6,9-12H,7-8H2,1H3,(H,23,25). The Morgan fingerprint density at radius 3 is 3.12 bits per heavy atom. The summed E-state index contributed by atoms with van der Waals surface area (Å²) in [4.78, 5) is 15.4.